The Labute approximate surface area is 422 Å². The van der Waals surface area contributed by atoms with E-state index < -0.39 is 0 Å². The van der Waals surface area contributed by atoms with Crippen molar-refractivity contribution in [1.82, 2.24) is 34.9 Å². The third-order valence-electron chi connectivity index (χ3n) is 11.1. The molecule has 0 spiro atoms. The van der Waals surface area contributed by atoms with Gasteiger partial charge in [0.25, 0.3) is 0 Å². The molecule has 8 aromatic carbocycles. The van der Waals surface area contributed by atoms with Crippen LogP contribution in [0.1, 0.15) is 0 Å². The van der Waals surface area contributed by atoms with Crippen LogP contribution in [0.5, 0.6) is 0 Å². The molecule has 0 aliphatic heterocycles. The standard InChI is InChI=1S/C27H18BrN3.C16H9ClN2O.C16H11ClN2/c28-24-17-15-23(16-18-24)27-30-25(21-9-5-2-6-10-21)29-26(31-27)22-13-11-20(12-14-22)19-7-3-1-4-8-19;17-16-18-13(10-6-2-1-3-7-10)15-14(19-16)11-8-4-5-9-12(11)20-15;17-16-18-14(12-7-3-1-4-8-12)11-15(19-16)13-9-5-2-6-10-13/h1-18H;1-9H;1-11H. The smallest absolute Gasteiger partial charge is 0.223 e. The number of para-hydroxylation sites is 1. The first kappa shape index (κ1) is 45.6. The number of aromatic nitrogens is 7. The van der Waals surface area contributed by atoms with Crippen LogP contribution in [0.3, 0.4) is 0 Å². The van der Waals surface area contributed by atoms with Crippen molar-refractivity contribution in [2.75, 3.05) is 0 Å². The highest BCUT2D eigenvalue weighted by Gasteiger charge is 2.17. The van der Waals surface area contributed by atoms with E-state index in [-0.39, 0.29) is 10.6 Å². The zero-order valence-electron chi connectivity index (χ0n) is 37.1. The molecule has 0 radical (unpaired) electrons. The van der Waals surface area contributed by atoms with E-state index in [1.54, 1.807) is 0 Å². The van der Waals surface area contributed by atoms with Gasteiger partial charge in [-0.25, -0.2) is 34.9 Å². The lowest BCUT2D eigenvalue weighted by Crippen LogP contribution is -2.00. The minimum Gasteiger partial charge on any atom is -0.452 e. The van der Waals surface area contributed by atoms with Gasteiger partial charge in [0.2, 0.25) is 10.6 Å². The molecule has 0 amide bonds. The average Bonchev–Trinajstić information content (AvgIpc) is 3.80. The van der Waals surface area contributed by atoms with E-state index in [1.807, 2.05) is 194 Å². The summed E-state index contributed by atoms with van der Waals surface area (Å²) in [7, 11) is 0. The van der Waals surface area contributed by atoms with Crippen LogP contribution in [0.4, 0.5) is 0 Å². The van der Waals surface area contributed by atoms with Crippen molar-refractivity contribution >= 4 is 61.2 Å². The Morgan fingerprint density at radius 2 is 0.700 bits per heavy atom. The molecule has 0 fully saturated rings. The van der Waals surface area contributed by atoms with Gasteiger partial charge in [-0.2, -0.15) is 0 Å². The lowest BCUT2D eigenvalue weighted by molar-refractivity contribution is 0.667. The second kappa shape index (κ2) is 21.4. The SMILES string of the molecule is Brc1ccc(-c2nc(-c3ccccc3)nc(-c3ccc(-c4ccccc4)cc3)n2)cc1.Clc1nc(-c2ccccc2)c2oc3ccccc3c2n1.Clc1nc(-c2ccccc2)cc(-c2ccccc2)n1. The summed E-state index contributed by atoms with van der Waals surface area (Å²) >= 11 is 15.6. The largest absolute Gasteiger partial charge is 0.452 e. The molecule has 0 atom stereocenters. The van der Waals surface area contributed by atoms with E-state index >= 15 is 0 Å². The van der Waals surface area contributed by atoms with Gasteiger partial charge in [-0.05, 0) is 64.7 Å². The van der Waals surface area contributed by atoms with Crippen molar-refractivity contribution in [3.63, 3.8) is 0 Å². The van der Waals surface area contributed by atoms with Crippen molar-refractivity contribution < 1.29 is 4.42 Å². The number of fused-ring (bicyclic) bond motifs is 3. The summed E-state index contributed by atoms with van der Waals surface area (Å²) in [6, 6.07) is 76.2. The second-order valence-corrected chi connectivity index (χ2v) is 17.3. The Hall–Kier alpha value is -8.21. The molecule has 8 nitrogen and oxygen atoms in total. The number of nitrogens with zero attached hydrogens (tertiary/aromatic N) is 7. The molecule has 12 aromatic rings. The Balaban J connectivity index is 0.000000127. The molecule has 336 valence electrons. The predicted molar refractivity (Wildman–Crippen MR) is 287 cm³/mol. The average molecular weight is 1010 g/mol. The third kappa shape index (κ3) is 10.7. The molecule has 0 saturated heterocycles. The summed E-state index contributed by atoms with van der Waals surface area (Å²) in [5.41, 5.74) is 12.8. The van der Waals surface area contributed by atoms with Crippen molar-refractivity contribution in [3.05, 3.63) is 246 Å². The molecule has 0 aliphatic carbocycles. The zero-order chi connectivity index (χ0) is 47.7. The van der Waals surface area contributed by atoms with Crippen LogP contribution in [-0.4, -0.2) is 34.9 Å². The van der Waals surface area contributed by atoms with E-state index in [4.69, 9.17) is 42.6 Å². The van der Waals surface area contributed by atoms with Crippen LogP contribution in [0.25, 0.3) is 101 Å². The van der Waals surface area contributed by atoms with Crippen LogP contribution in [-0.2, 0) is 0 Å². The zero-order valence-corrected chi connectivity index (χ0v) is 40.2. The maximum Gasteiger partial charge on any atom is 0.223 e. The molecule has 0 N–H and O–H groups in total. The molecule has 0 saturated carbocycles. The molecule has 4 heterocycles. The van der Waals surface area contributed by atoms with Gasteiger partial charge < -0.3 is 4.42 Å². The Kier molecular flexibility index (Phi) is 13.9. The first-order valence-electron chi connectivity index (χ1n) is 22.2. The number of benzene rings is 8. The molecule has 0 unspecified atom stereocenters. The van der Waals surface area contributed by atoms with Gasteiger partial charge in [0.1, 0.15) is 16.8 Å². The lowest BCUT2D eigenvalue weighted by Gasteiger charge is -2.09. The first-order valence-corrected chi connectivity index (χ1v) is 23.8. The summed E-state index contributed by atoms with van der Waals surface area (Å²) in [6.07, 6.45) is 0. The van der Waals surface area contributed by atoms with Crippen LogP contribution in [0.2, 0.25) is 10.6 Å². The molecular formula is C59H38BrCl2N7O. The van der Waals surface area contributed by atoms with E-state index in [0.29, 0.717) is 23.1 Å². The highest BCUT2D eigenvalue weighted by molar-refractivity contribution is 9.10. The van der Waals surface area contributed by atoms with Gasteiger partial charge in [0.15, 0.2) is 23.1 Å². The van der Waals surface area contributed by atoms with E-state index in [2.05, 4.69) is 72.3 Å². The van der Waals surface area contributed by atoms with E-state index in [0.717, 1.165) is 77.0 Å². The fraction of sp³-hybridized carbons (Fsp3) is 0. The summed E-state index contributed by atoms with van der Waals surface area (Å²) in [4.78, 5) is 31.5. The van der Waals surface area contributed by atoms with Gasteiger partial charge in [-0.15, -0.1) is 0 Å². The molecule has 0 bridgehead atoms. The normalized spacial score (nSPS) is 10.8. The predicted octanol–water partition coefficient (Wildman–Crippen LogP) is 16.5. The first-order chi connectivity index (χ1) is 34.4. The maximum absolute atomic E-state index is 6.07. The van der Waals surface area contributed by atoms with Crippen LogP contribution >= 0.6 is 39.1 Å². The van der Waals surface area contributed by atoms with Gasteiger partial charge in [-0.3, -0.25) is 0 Å². The van der Waals surface area contributed by atoms with Gasteiger partial charge in [-0.1, -0.05) is 216 Å². The maximum atomic E-state index is 6.07. The van der Waals surface area contributed by atoms with Crippen molar-refractivity contribution in [2.24, 2.45) is 0 Å². The fourth-order valence-corrected chi connectivity index (χ4v) is 8.29. The summed E-state index contributed by atoms with van der Waals surface area (Å²) in [5, 5.41) is 1.44. The van der Waals surface area contributed by atoms with Gasteiger partial charge in [0, 0.05) is 43.2 Å². The Bertz CT molecular complexity index is 3610. The minimum atomic E-state index is 0.225. The lowest BCUT2D eigenvalue weighted by atomic mass is 10.0. The molecule has 12 rings (SSSR count). The van der Waals surface area contributed by atoms with Crippen LogP contribution in [0.15, 0.2) is 239 Å². The second-order valence-electron chi connectivity index (χ2n) is 15.7. The Morgan fingerprint density at radius 1 is 0.329 bits per heavy atom. The summed E-state index contributed by atoms with van der Waals surface area (Å²) in [5.74, 6) is 1.98. The number of halogens is 3. The summed E-state index contributed by atoms with van der Waals surface area (Å²) in [6.45, 7) is 0. The molecule has 70 heavy (non-hydrogen) atoms. The fourth-order valence-electron chi connectivity index (χ4n) is 7.68. The highest BCUT2D eigenvalue weighted by atomic mass is 79.9. The van der Waals surface area contributed by atoms with Gasteiger partial charge in [0.05, 0.1) is 11.4 Å². The van der Waals surface area contributed by atoms with Crippen molar-refractivity contribution in [1.29, 1.82) is 0 Å². The molecular weight excluding hydrogens is 974 g/mol. The molecule has 4 aromatic heterocycles. The number of rotatable bonds is 7. The quantitative estimate of drug-likeness (QED) is 0.145. The van der Waals surface area contributed by atoms with Crippen LogP contribution in [0, 0.1) is 0 Å². The van der Waals surface area contributed by atoms with E-state index in [9.17, 15) is 0 Å². The Morgan fingerprint density at radius 3 is 1.21 bits per heavy atom. The number of hydrogen-bond donors (Lipinski definition) is 0. The number of hydrogen-bond acceptors (Lipinski definition) is 8. The number of furan rings is 1. The van der Waals surface area contributed by atoms with Crippen LogP contribution < -0.4 is 0 Å². The topological polar surface area (TPSA) is 103 Å². The van der Waals surface area contributed by atoms with Crippen molar-refractivity contribution in [3.8, 4) is 79.1 Å². The van der Waals surface area contributed by atoms with Crippen molar-refractivity contribution in [2.45, 2.75) is 0 Å². The summed E-state index contributed by atoms with van der Waals surface area (Å²) < 4.78 is 6.93. The minimum absolute atomic E-state index is 0.225. The monoisotopic (exact) mass is 1010 g/mol. The molecule has 11 heteroatoms. The van der Waals surface area contributed by atoms with Gasteiger partial charge >= 0.3 is 0 Å². The molecule has 0 aliphatic rings. The highest BCUT2D eigenvalue weighted by Crippen LogP contribution is 2.35. The third-order valence-corrected chi connectivity index (χ3v) is 12.0. The van der Waals surface area contributed by atoms with E-state index in [1.165, 1.54) is 5.56 Å².